The van der Waals surface area contributed by atoms with E-state index in [-0.39, 0.29) is 50.0 Å². The third kappa shape index (κ3) is 5.07. The summed E-state index contributed by atoms with van der Waals surface area (Å²) in [5, 5.41) is 2.63. The number of carbonyl (C=O) groups excluding carboxylic acids is 3. The van der Waals surface area contributed by atoms with E-state index in [0.717, 1.165) is 0 Å². The summed E-state index contributed by atoms with van der Waals surface area (Å²) in [6.07, 6.45) is 0.0619. The van der Waals surface area contributed by atoms with Gasteiger partial charge in [-0.05, 0) is 42.5 Å². The molecule has 1 heterocycles. The Morgan fingerprint density at radius 2 is 1.79 bits per heavy atom. The number of halogens is 2. The number of fused-ring (bicyclic) bond motifs is 1. The van der Waals surface area contributed by atoms with Gasteiger partial charge < -0.3 is 20.9 Å². The second kappa shape index (κ2) is 8.68. The number of nitrogens with two attached hydrogens (primary N) is 1. The summed E-state index contributed by atoms with van der Waals surface area (Å²) in [5.74, 6) is -2.19. The first kappa shape index (κ1) is 20.2. The van der Waals surface area contributed by atoms with Crippen LogP contribution in [0.5, 0.6) is 0 Å². The number of hydrogen-bond acceptors (Lipinski definition) is 4. The van der Waals surface area contributed by atoms with Gasteiger partial charge in [-0.25, -0.2) is 8.78 Å². The highest BCUT2D eigenvalue weighted by Gasteiger charge is 2.24. The predicted octanol–water partition coefficient (Wildman–Crippen LogP) is 2.02. The van der Waals surface area contributed by atoms with Crippen LogP contribution >= 0.6 is 0 Å². The van der Waals surface area contributed by atoms with Crippen LogP contribution in [0.2, 0.25) is 0 Å². The summed E-state index contributed by atoms with van der Waals surface area (Å²) in [4.78, 5) is 39.2. The highest BCUT2D eigenvalue weighted by molar-refractivity contribution is 6.00. The summed E-state index contributed by atoms with van der Waals surface area (Å²) in [7, 11) is 0. The molecule has 3 rings (SSSR count). The van der Waals surface area contributed by atoms with E-state index in [0.29, 0.717) is 11.4 Å². The second-order valence-electron chi connectivity index (χ2n) is 6.62. The van der Waals surface area contributed by atoms with Crippen LogP contribution in [-0.4, -0.2) is 37.4 Å². The Hall–Kier alpha value is -3.49. The number of anilines is 3. The van der Waals surface area contributed by atoms with Gasteiger partial charge in [0.1, 0.15) is 11.6 Å². The highest BCUT2D eigenvalue weighted by atomic mass is 19.1. The molecule has 0 unspecified atom stereocenters. The fourth-order valence-corrected chi connectivity index (χ4v) is 3.11. The summed E-state index contributed by atoms with van der Waals surface area (Å²) < 4.78 is 26.8. The average Bonchev–Trinajstić information content (AvgIpc) is 2.81. The minimum atomic E-state index is -0.574. The monoisotopic (exact) mass is 402 g/mol. The van der Waals surface area contributed by atoms with Crippen LogP contribution in [0, 0.1) is 11.6 Å². The Balaban J connectivity index is 1.85. The van der Waals surface area contributed by atoms with Gasteiger partial charge >= 0.3 is 0 Å². The molecule has 2 aromatic rings. The lowest BCUT2D eigenvalue weighted by Gasteiger charge is -2.28. The number of hydrogen-bond donors (Lipinski definition) is 2. The normalized spacial score (nSPS) is 13.3. The topological polar surface area (TPSA) is 95.7 Å². The van der Waals surface area contributed by atoms with Gasteiger partial charge in [-0.1, -0.05) is 0 Å². The van der Waals surface area contributed by atoms with Crippen molar-refractivity contribution in [2.75, 3.05) is 34.8 Å². The van der Waals surface area contributed by atoms with Crippen molar-refractivity contribution in [1.29, 1.82) is 0 Å². The molecule has 0 fully saturated rings. The first-order chi connectivity index (χ1) is 13.8. The van der Waals surface area contributed by atoms with E-state index in [1.165, 1.54) is 47.4 Å². The van der Waals surface area contributed by atoms with Crippen LogP contribution in [0.4, 0.5) is 25.8 Å². The molecule has 0 radical (unpaired) electrons. The van der Waals surface area contributed by atoms with Gasteiger partial charge in [-0.2, -0.15) is 0 Å². The molecule has 0 aliphatic carbocycles. The molecular formula is C20H20F2N4O3. The Bertz CT molecular complexity index is 934. The van der Waals surface area contributed by atoms with E-state index < -0.39 is 17.5 Å². The molecule has 0 aromatic heterocycles. The van der Waals surface area contributed by atoms with E-state index >= 15 is 0 Å². The van der Waals surface area contributed by atoms with Crippen molar-refractivity contribution in [3.05, 3.63) is 54.1 Å². The Labute approximate surface area is 166 Å². The number of rotatable bonds is 6. The fraction of sp³-hybridized carbons (Fsp3) is 0.250. The average molecular weight is 402 g/mol. The van der Waals surface area contributed by atoms with Crippen LogP contribution < -0.4 is 20.9 Å². The van der Waals surface area contributed by atoms with E-state index in [4.69, 9.17) is 5.73 Å². The standard InChI is InChI=1S/C20H20F2N4O3/c21-13-1-4-15(5-2-13)26(10-7-18(23)27)20(29)12-25-9-8-19(28)24-16-11-14(22)3-6-17(16)25/h1-6,11H,7-10,12H2,(H2,23,27)(H,24,28). The van der Waals surface area contributed by atoms with E-state index in [9.17, 15) is 23.2 Å². The van der Waals surface area contributed by atoms with Crippen molar-refractivity contribution in [2.24, 2.45) is 5.73 Å². The van der Waals surface area contributed by atoms with Gasteiger partial charge in [0.05, 0.1) is 17.9 Å². The second-order valence-corrected chi connectivity index (χ2v) is 6.62. The summed E-state index contributed by atoms with van der Waals surface area (Å²) in [6.45, 7) is 0.161. The van der Waals surface area contributed by atoms with Crippen molar-refractivity contribution in [3.63, 3.8) is 0 Å². The van der Waals surface area contributed by atoms with Crippen molar-refractivity contribution >= 4 is 34.8 Å². The maximum atomic E-state index is 13.6. The van der Waals surface area contributed by atoms with Crippen LogP contribution in [0.25, 0.3) is 0 Å². The molecule has 1 aliphatic heterocycles. The minimum absolute atomic E-state index is 0.0289. The third-order valence-corrected chi connectivity index (χ3v) is 4.53. The molecule has 0 saturated carbocycles. The molecule has 0 bridgehead atoms. The van der Waals surface area contributed by atoms with Crippen LogP contribution in [0.1, 0.15) is 12.8 Å². The number of carbonyl (C=O) groups is 3. The van der Waals surface area contributed by atoms with Crippen molar-refractivity contribution in [1.82, 2.24) is 0 Å². The Morgan fingerprint density at radius 3 is 2.48 bits per heavy atom. The van der Waals surface area contributed by atoms with Crippen LogP contribution in [0.15, 0.2) is 42.5 Å². The van der Waals surface area contributed by atoms with Gasteiger partial charge in [-0.3, -0.25) is 14.4 Å². The number of benzene rings is 2. The molecular weight excluding hydrogens is 382 g/mol. The third-order valence-electron chi connectivity index (χ3n) is 4.53. The molecule has 152 valence electrons. The van der Waals surface area contributed by atoms with Crippen molar-refractivity contribution in [2.45, 2.75) is 12.8 Å². The maximum Gasteiger partial charge on any atom is 0.246 e. The van der Waals surface area contributed by atoms with Crippen LogP contribution in [-0.2, 0) is 14.4 Å². The molecule has 1 aliphatic rings. The lowest BCUT2D eigenvalue weighted by molar-refractivity contribution is -0.119. The van der Waals surface area contributed by atoms with Gasteiger partial charge in [0, 0.05) is 31.6 Å². The molecule has 3 N–H and O–H groups in total. The highest BCUT2D eigenvalue weighted by Crippen LogP contribution is 2.30. The zero-order valence-electron chi connectivity index (χ0n) is 15.5. The van der Waals surface area contributed by atoms with E-state index in [1.807, 2.05) is 0 Å². The SMILES string of the molecule is NC(=O)CCN(C(=O)CN1CCC(=O)Nc2cc(F)ccc21)c1ccc(F)cc1. The number of nitrogens with one attached hydrogen (secondary N) is 1. The quantitative estimate of drug-likeness (QED) is 0.773. The summed E-state index contributed by atoms with van der Waals surface area (Å²) in [5.41, 5.74) is 6.43. The van der Waals surface area contributed by atoms with Crippen LogP contribution in [0.3, 0.4) is 0 Å². The van der Waals surface area contributed by atoms with E-state index in [1.54, 1.807) is 4.90 Å². The molecule has 0 saturated heterocycles. The van der Waals surface area contributed by atoms with Gasteiger partial charge in [0.15, 0.2) is 0 Å². The summed E-state index contributed by atoms with van der Waals surface area (Å²) >= 11 is 0. The van der Waals surface area contributed by atoms with Crippen molar-refractivity contribution < 1.29 is 23.2 Å². The number of amides is 3. The molecule has 3 amide bonds. The molecule has 9 heteroatoms. The van der Waals surface area contributed by atoms with Gasteiger partial charge in [0.25, 0.3) is 0 Å². The lowest BCUT2D eigenvalue weighted by atomic mass is 10.2. The molecule has 2 aromatic carbocycles. The minimum Gasteiger partial charge on any atom is -0.370 e. The van der Waals surface area contributed by atoms with Gasteiger partial charge in [-0.15, -0.1) is 0 Å². The van der Waals surface area contributed by atoms with Gasteiger partial charge in [0.2, 0.25) is 17.7 Å². The van der Waals surface area contributed by atoms with E-state index in [2.05, 4.69) is 5.32 Å². The lowest BCUT2D eigenvalue weighted by Crippen LogP contribution is -2.42. The Morgan fingerprint density at radius 1 is 1.10 bits per heavy atom. The summed E-state index contributed by atoms with van der Waals surface area (Å²) in [6, 6.07) is 9.24. The predicted molar refractivity (Wildman–Crippen MR) is 104 cm³/mol. The molecule has 0 atom stereocenters. The smallest absolute Gasteiger partial charge is 0.246 e. The zero-order valence-corrected chi connectivity index (χ0v) is 15.5. The molecule has 29 heavy (non-hydrogen) atoms. The largest absolute Gasteiger partial charge is 0.370 e. The number of nitrogens with zero attached hydrogens (tertiary/aromatic N) is 2. The Kier molecular flexibility index (Phi) is 6.06. The zero-order chi connectivity index (χ0) is 21.0. The first-order valence-corrected chi connectivity index (χ1v) is 9.02. The fourth-order valence-electron chi connectivity index (χ4n) is 3.11. The first-order valence-electron chi connectivity index (χ1n) is 9.02. The molecule has 0 spiro atoms. The number of primary amides is 1. The van der Waals surface area contributed by atoms with Crippen molar-refractivity contribution in [3.8, 4) is 0 Å². The maximum absolute atomic E-state index is 13.6. The molecule has 7 nitrogen and oxygen atoms in total.